The number of hydrogen-bond donors (Lipinski definition) is 1. The molecule has 156 valence electrons. The molecular formula is C22H22Br2N4O2. The lowest BCUT2D eigenvalue weighted by Crippen LogP contribution is -2.46. The molecule has 0 spiro atoms. The zero-order chi connectivity index (χ0) is 21.1. The van der Waals surface area contributed by atoms with Gasteiger partial charge in [0.15, 0.2) is 0 Å². The van der Waals surface area contributed by atoms with Gasteiger partial charge in [0.2, 0.25) is 0 Å². The summed E-state index contributed by atoms with van der Waals surface area (Å²) in [5.74, 6) is -0.362. The second-order valence-corrected chi connectivity index (χ2v) is 9.08. The van der Waals surface area contributed by atoms with Gasteiger partial charge in [0.1, 0.15) is 5.56 Å². The van der Waals surface area contributed by atoms with Crippen LogP contribution in [0, 0.1) is 0 Å². The molecule has 0 unspecified atom stereocenters. The van der Waals surface area contributed by atoms with Crippen LogP contribution in [0.5, 0.6) is 0 Å². The van der Waals surface area contributed by atoms with Crippen LogP contribution in [-0.4, -0.2) is 33.4 Å². The Morgan fingerprint density at radius 2 is 1.67 bits per heavy atom. The summed E-state index contributed by atoms with van der Waals surface area (Å²) in [6, 6.07) is 15.3. The lowest BCUT2D eigenvalue weighted by atomic mass is 10.2. The molecule has 1 aromatic heterocycles. The van der Waals surface area contributed by atoms with Gasteiger partial charge < -0.3 is 0 Å². The first-order valence-electron chi connectivity index (χ1n) is 9.90. The maximum Gasteiger partial charge on any atom is 0.284 e. The van der Waals surface area contributed by atoms with E-state index in [9.17, 15) is 9.59 Å². The molecule has 3 aromatic rings. The molecule has 0 radical (unpaired) electrons. The van der Waals surface area contributed by atoms with Crippen LogP contribution in [0.4, 0.5) is 0 Å². The van der Waals surface area contributed by atoms with Gasteiger partial charge in [-0.15, -0.1) is 0 Å². The van der Waals surface area contributed by atoms with E-state index < -0.39 is 0 Å². The van der Waals surface area contributed by atoms with Crippen LogP contribution >= 0.6 is 31.9 Å². The van der Waals surface area contributed by atoms with Gasteiger partial charge in [0, 0.05) is 28.2 Å². The molecule has 2 aromatic carbocycles. The van der Waals surface area contributed by atoms with E-state index >= 15 is 0 Å². The normalized spacial score (nSPS) is 14.6. The summed E-state index contributed by atoms with van der Waals surface area (Å²) in [4.78, 5) is 26.2. The highest BCUT2D eigenvalue weighted by Gasteiger charge is 2.22. The number of aromatic nitrogens is 2. The van der Waals surface area contributed by atoms with Crippen molar-refractivity contribution in [2.45, 2.75) is 25.8 Å². The van der Waals surface area contributed by atoms with E-state index in [4.69, 9.17) is 0 Å². The Kier molecular flexibility index (Phi) is 6.55. The highest BCUT2D eigenvalue weighted by atomic mass is 79.9. The molecule has 1 aliphatic rings. The van der Waals surface area contributed by atoms with Gasteiger partial charge in [0.05, 0.1) is 12.2 Å². The zero-order valence-electron chi connectivity index (χ0n) is 16.4. The van der Waals surface area contributed by atoms with E-state index in [1.165, 1.54) is 6.42 Å². The molecule has 8 heteroatoms. The van der Waals surface area contributed by atoms with Crippen molar-refractivity contribution < 1.29 is 4.79 Å². The maximum absolute atomic E-state index is 13.3. The van der Waals surface area contributed by atoms with Crippen molar-refractivity contribution in [3.05, 3.63) is 85.2 Å². The molecule has 6 nitrogen and oxygen atoms in total. The van der Waals surface area contributed by atoms with E-state index in [1.807, 2.05) is 53.5 Å². The van der Waals surface area contributed by atoms with E-state index in [0.717, 1.165) is 40.4 Å². The molecule has 2 heterocycles. The average molecular weight is 534 g/mol. The molecule has 30 heavy (non-hydrogen) atoms. The molecule has 0 atom stereocenters. The fourth-order valence-corrected chi connectivity index (χ4v) is 4.30. The molecule has 1 fully saturated rings. The lowest BCUT2D eigenvalue weighted by molar-refractivity contribution is 0.0749. The predicted molar refractivity (Wildman–Crippen MR) is 124 cm³/mol. The summed E-state index contributed by atoms with van der Waals surface area (Å²) < 4.78 is 5.22. The van der Waals surface area contributed by atoms with E-state index in [2.05, 4.69) is 37.3 Å². The molecule has 4 rings (SSSR count). The molecule has 1 saturated heterocycles. The number of rotatable bonds is 5. The Bertz CT molecular complexity index is 1100. The van der Waals surface area contributed by atoms with E-state index in [1.54, 1.807) is 15.6 Å². The van der Waals surface area contributed by atoms with Crippen molar-refractivity contribution in [3.8, 4) is 5.69 Å². The summed E-state index contributed by atoms with van der Waals surface area (Å²) >= 11 is 7.00. The molecule has 1 amide bonds. The lowest BCUT2D eigenvalue weighted by Gasteiger charge is -2.26. The number of nitrogens with one attached hydrogen (secondary N) is 1. The number of hydrazine groups is 1. The first kappa shape index (κ1) is 21.1. The number of nitrogens with zero attached hydrogens (tertiary/aromatic N) is 3. The maximum atomic E-state index is 13.3. The van der Waals surface area contributed by atoms with Gasteiger partial charge in [-0.2, -0.15) is 0 Å². The van der Waals surface area contributed by atoms with Crippen LogP contribution in [-0.2, 0) is 6.54 Å². The Balaban J connectivity index is 1.72. The van der Waals surface area contributed by atoms with Crippen LogP contribution in [0.25, 0.3) is 5.69 Å². The fraction of sp³-hybridized carbons (Fsp3) is 0.273. The van der Waals surface area contributed by atoms with E-state index in [0.29, 0.717) is 12.2 Å². The number of hydrogen-bond acceptors (Lipinski definition) is 3. The van der Waals surface area contributed by atoms with Gasteiger partial charge in [0.25, 0.3) is 11.5 Å². The van der Waals surface area contributed by atoms with Crippen molar-refractivity contribution in [1.82, 2.24) is 19.8 Å². The highest BCUT2D eigenvalue weighted by molar-refractivity contribution is 9.10. The highest BCUT2D eigenvalue weighted by Crippen LogP contribution is 2.19. The Hall–Kier alpha value is -2.16. The van der Waals surface area contributed by atoms with Crippen LogP contribution in [0.1, 0.15) is 35.2 Å². The number of halogens is 2. The Labute approximate surface area is 191 Å². The summed E-state index contributed by atoms with van der Waals surface area (Å²) in [6.45, 7) is 2.07. The van der Waals surface area contributed by atoms with Gasteiger partial charge >= 0.3 is 0 Å². The van der Waals surface area contributed by atoms with Gasteiger partial charge in [-0.25, -0.2) is 9.69 Å². The van der Waals surface area contributed by atoms with Crippen LogP contribution in [0.15, 0.2) is 68.5 Å². The summed E-state index contributed by atoms with van der Waals surface area (Å²) in [6.07, 6.45) is 4.91. The van der Waals surface area contributed by atoms with Crippen molar-refractivity contribution in [3.63, 3.8) is 0 Å². The monoisotopic (exact) mass is 532 g/mol. The first-order chi connectivity index (χ1) is 14.5. The third kappa shape index (κ3) is 4.61. The fourth-order valence-electron chi connectivity index (χ4n) is 3.62. The minimum Gasteiger partial charge on any atom is -0.285 e. The van der Waals surface area contributed by atoms with Crippen LogP contribution < -0.4 is 11.0 Å². The average Bonchev–Trinajstić information content (AvgIpc) is 3.07. The van der Waals surface area contributed by atoms with Gasteiger partial charge in [-0.05, 0) is 48.7 Å². The number of piperidine rings is 1. The molecule has 0 aliphatic carbocycles. The van der Waals surface area contributed by atoms with Crippen molar-refractivity contribution in [2.24, 2.45) is 0 Å². The van der Waals surface area contributed by atoms with E-state index in [-0.39, 0.29) is 17.0 Å². The summed E-state index contributed by atoms with van der Waals surface area (Å²) in [7, 11) is 0. The Morgan fingerprint density at radius 1 is 0.967 bits per heavy atom. The second kappa shape index (κ2) is 9.32. The van der Waals surface area contributed by atoms with Crippen molar-refractivity contribution in [1.29, 1.82) is 0 Å². The minimum atomic E-state index is -0.362. The van der Waals surface area contributed by atoms with Gasteiger partial charge in [-0.3, -0.25) is 19.7 Å². The largest absolute Gasteiger partial charge is 0.285 e. The minimum absolute atomic E-state index is 0.135. The van der Waals surface area contributed by atoms with Crippen molar-refractivity contribution >= 4 is 37.8 Å². The summed E-state index contributed by atoms with van der Waals surface area (Å²) in [5, 5.41) is 1.90. The summed E-state index contributed by atoms with van der Waals surface area (Å²) in [5.41, 5.74) is 4.42. The number of amides is 1. The van der Waals surface area contributed by atoms with Gasteiger partial charge in [-0.1, -0.05) is 56.5 Å². The molecule has 0 bridgehead atoms. The first-order valence-corrected chi connectivity index (χ1v) is 11.5. The standard InChI is InChI=1S/C22H22Br2N4O2/c23-17-8-10-18(11-9-17)28-22(30)19(21(29)25-26-12-4-1-5-13-26)15-27(28)14-16-6-2-3-7-20(16)24/h2-3,6-11,15H,1,4-5,12-14H2,(H,25,29). The smallest absolute Gasteiger partial charge is 0.284 e. The molecule has 0 saturated carbocycles. The quantitative estimate of drug-likeness (QED) is 0.530. The number of benzene rings is 2. The molecule has 1 N–H and O–H groups in total. The predicted octanol–water partition coefficient (Wildman–Crippen LogP) is 4.34. The van der Waals surface area contributed by atoms with Crippen LogP contribution in [0.3, 0.4) is 0 Å². The van der Waals surface area contributed by atoms with Crippen molar-refractivity contribution in [2.75, 3.05) is 13.1 Å². The zero-order valence-corrected chi connectivity index (χ0v) is 19.5. The molecule has 1 aliphatic heterocycles. The molecular weight excluding hydrogens is 512 g/mol. The second-order valence-electron chi connectivity index (χ2n) is 7.31. The third-order valence-electron chi connectivity index (χ3n) is 5.18. The SMILES string of the molecule is O=C(NN1CCCCC1)c1cn(Cc2ccccc2Br)n(-c2ccc(Br)cc2)c1=O. The van der Waals surface area contributed by atoms with Crippen LogP contribution in [0.2, 0.25) is 0 Å². The Morgan fingerprint density at radius 3 is 2.37 bits per heavy atom. The topological polar surface area (TPSA) is 59.3 Å². The number of carbonyl (C=O) groups is 1. The third-order valence-corrected chi connectivity index (χ3v) is 6.48. The number of carbonyl (C=O) groups excluding carboxylic acids is 1.